The van der Waals surface area contributed by atoms with E-state index in [4.69, 9.17) is 4.74 Å². The highest BCUT2D eigenvalue weighted by molar-refractivity contribution is 5.94. The molecule has 0 spiro atoms. The van der Waals surface area contributed by atoms with Crippen LogP contribution in [0.5, 0.6) is 0 Å². The van der Waals surface area contributed by atoms with Crippen molar-refractivity contribution in [3.63, 3.8) is 0 Å². The summed E-state index contributed by atoms with van der Waals surface area (Å²) in [6, 6.07) is 0. The number of carbonyl (C=O) groups excluding carboxylic acids is 2. The number of H-pyrrole nitrogens is 1. The lowest BCUT2D eigenvalue weighted by Crippen LogP contribution is -2.33. The van der Waals surface area contributed by atoms with Crippen molar-refractivity contribution in [2.45, 2.75) is 26.2 Å². The molecule has 0 bridgehead atoms. The van der Waals surface area contributed by atoms with E-state index in [1.807, 2.05) is 6.92 Å². The third kappa shape index (κ3) is 2.92. The van der Waals surface area contributed by atoms with Crippen LogP contribution in [-0.2, 0) is 16.0 Å². The van der Waals surface area contributed by atoms with E-state index in [0.29, 0.717) is 25.1 Å². The smallest absolute Gasteiger partial charge is 0.385 e. The van der Waals surface area contributed by atoms with Gasteiger partial charge in [0.05, 0.1) is 5.92 Å². The predicted molar refractivity (Wildman–Crippen MR) is 61.8 cm³/mol. The van der Waals surface area contributed by atoms with E-state index in [2.05, 4.69) is 20.5 Å². The molecule has 1 saturated heterocycles. The maximum atomic E-state index is 11.7. The fourth-order valence-corrected chi connectivity index (χ4v) is 1.82. The first-order valence-corrected chi connectivity index (χ1v) is 6.08. The largest absolute Gasteiger partial charge is 0.387 e. The zero-order valence-electron chi connectivity index (χ0n) is 10.2. The van der Waals surface area contributed by atoms with Crippen molar-refractivity contribution < 1.29 is 14.3 Å². The Kier molecular flexibility index (Phi) is 4.03. The number of esters is 2. The molecule has 0 radical (unpaired) electrons. The highest BCUT2D eigenvalue weighted by atomic mass is 16.6. The molecule has 0 amide bonds. The summed E-state index contributed by atoms with van der Waals surface area (Å²) in [5.41, 5.74) is 0. The Labute approximate surface area is 104 Å². The van der Waals surface area contributed by atoms with Gasteiger partial charge in [-0.15, -0.1) is 5.10 Å². The van der Waals surface area contributed by atoms with Crippen molar-refractivity contribution in [2.75, 3.05) is 13.1 Å². The monoisotopic (exact) mass is 252 g/mol. The zero-order chi connectivity index (χ0) is 13.0. The number of aryl methyl sites for hydroxylation is 1. The number of nitrogens with one attached hydrogen (secondary N) is 2. The molecule has 0 saturated carbocycles. The fourth-order valence-electron chi connectivity index (χ4n) is 1.82. The van der Waals surface area contributed by atoms with Crippen molar-refractivity contribution in [3.8, 4) is 0 Å². The Morgan fingerprint density at radius 1 is 1.39 bits per heavy atom. The molecule has 0 aliphatic carbocycles. The summed E-state index contributed by atoms with van der Waals surface area (Å²) in [6.45, 7) is 3.43. The third-order valence-corrected chi connectivity index (χ3v) is 2.91. The van der Waals surface area contributed by atoms with Crippen LogP contribution in [0.3, 0.4) is 0 Å². The van der Waals surface area contributed by atoms with Crippen molar-refractivity contribution >= 4 is 11.9 Å². The number of rotatable bonds is 3. The number of aromatic nitrogens is 3. The van der Waals surface area contributed by atoms with Crippen molar-refractivity contribution in [1.29, 1.82) is 0 Å². The maximum absolute atomic E-state index is 11.7. The molecule has 2 N–H and O–H groups in total. The van der Waals surface area contributed by atoms with Crippen LogP contribution < -0.4 is 5.32 Å². The summed E-state index contributed by atoms with van der Waals surface area (Å²) in [6.07, 6.45) is 2.03. The molecule has 0 aromatic carbocycles. The van der Waals surface area contributed by atoms with Crippen molar-refractivity contribution in [1.82, 2.24) is 20.5 Å². The number of hydrogen-bond acceptors (Lipinski definition) is 6. The average Bonchev–Trinajstić information content (AvgIpc) is 2.88. The van der Waals surface area contributed by atoms with Crippen molar-refractivity contribution in [2.24, 2.45) is 5.92 Å². The van der Waals surface area contributed by atoms with E-state index in [0.717, 1.165) is 13.1 Å². The van der Waals surface area contributed by atoms with Gasteiger partial charge in [0.1, 0.15) is 5.82 Å². The molecule has 0 atom stereocenters. The van der Waals surface area contributed by atoms with Crippen LogP contribution in [0.15, 0.2) is 0 Å². The van der Waals surface area contributed by atoms with Crippen LogP contribution in [0.4, 0.5) is 0 Å². The molecular formula is C11H16N4O3. The Bertz CT molecular complexity index is 437. The molecule has 1 aliphatic rings. The number of nitrogens with zero attached hydrogens (tertiary/aromatic N) is 2. The number of aromatic amines is 1. The highest BCUT2D eigenvalue weighted by Gasteiger charge is 2.26. The zero-order valence-corrected chi connectivity index (χ0v) is 10.2. The molecule has 1 fully saturated rings. The van der Waals surface area contributed by atoms with Gasteiger partial charge in [-0.2, -0.15) is 0 Å². The summed E-state index contributed by atoms with van der Waals surface area (Å²) in [5.74, 6) is -0.969. The SMILES string of the molecule is CCc1nc(C(=O)OC(=O)C2CCNCC2)n[nH]1. The van der Waals surface area contributed by atoms with E-state index < -0.39 is 11.9 Å². The molecular weight excluding hydrogens is 236 g/mol. The fraction of sp³-hybridized carbons (Fsp3) is 0.636. The molecule has 1 aromatic heterocycles. The first-order chi connectivity index (χ1) is 8.70. The minimum atomic E-state index is -0.783. The lowest BCUT2D eigenvalue weighted by Gasteiger charge is -2.19. The summed E-state index contributed by atoms with van der Waals surface area (Å²) >= 11 is 0. The van der Waals surface area contributed by atoms with Gasteiger partial charge < -0.3 is 10.1 Å². The highest BCUT2D eigenvalue weighted by Crippen LogP contribution is 2.14. The summed E-state index contributed by atoms with van der Waals surface area (Å²) in [7, 11) is 0. The molecule has 1 aliphatic heterocycles. The van der Waals surface area contributed by atoms with E-state index in [-0.39, 0.29) is 11.7 Å². The normalized spacial score (nSPS) is 16.5. The number of carbonyl (C=O) groups is 2. The Morgan fingerprint density at radius 3 is 2.72 bits per heavy atom. The topological polar surface area (TPSA) is 97.0 Å². The Hall–Kier alpha value is -1.76. The first kappa shape index (κ1) is 12.7. The van der Waals surface area contributed by atoms with Crippen LogP contribution in [0, 0.1) is 5.92 Å². The summed E-state index contributed by atoms with van der Waals surface area (Å²) in [5, 5.41) is 9.46. The minimum absolute atomic E-state index is 0.0888. The van der Waals surface area contributed by atoms with Gasteiger partial charge in [0, 0.05) is 6.42 Å². The number of hydrogen-bond donors (Lipinski definition) is 2. The number of ether oxygens (including phenoxy) is 1. The molecule has 18 heavy (non-hydrogen) atoms. The average molecular weight is 252 g/mol. The quantitative estimate of drug-likeness (QED) is 0.583. The second kappa shape index (κ2) is 5.72. The molecule has 0 unspecified atom stereocenters. The summed E-state index contributed by atoms with van der Waals surface area (Å²) in [4.78, 5) is 27.3. The second-order valence-electron chi connectivity index (χ2n) is 4.19. The van der Waals surface area contributed by atoms with Crippen LogP contribution in [0.25, 0.3) is 0 Å². The van der Waals surface area contributed by atoms with Gasteiger partial charge in [-0.1, -0.05) is 6.92 Å². The van der Waals surface area contributed by atoms with E-state index in [1.54, 1.807) is 0 Å². The van der Waals surface area contributed by atoms with Gasteiger partial charge in [0.15, 0.2) is 0 Å². The maximum Gasteiger partial charge on any atom is 0.385 e. The van der Waals surface area contributed by atoms with Gasteiger partial charge in [-0.25, -0.2) is 9.78 Å². The van der Waals surface area contributed by atoms with Gasteiger partial charge in [-0.3, -0.25) is 9.89 Å². The number of piperidine rings is 1. The lowest BCUT2D eigenvalue weighted by molar-refractivity contribution is -0.143. The standard InChI is InChI=1S/C11H16N4O3/c1-2-8-13-9(15-14-8)11(17)18-10(16)7-3-5-12-6-4-7/h7,12H,2-6H2,1H3,(H,13,14,15). The predicted octanol–water partition coefficient (Wildman–Crippen LogP) is 0.0501. The van der Waals surface area contributed by atoms with Gasteiger partial charge >= 0.3 is 11.9 Å². The van der Waals surface area contributed by atoms with Gasteiger partial charge in [-0.05, 0) is 25.9 Å². The van der Waals surface area contributed by atoms with Crippen LogP contribution in [0.2, 0.25) is 0 Å². The Balaban J connectivity index is 1.91. The minimum Gasteiger partial charge on any atom is -0.387 e. The van der Waals surface area contributed by atoms with Crippen LogP contribution in [0.1, 0.15) is 36.2 Å². The Morgan fingerprint density at radius 2 is 2.11 bits per heavy atom. The first-order valence-electron chi connectivity index (χ1n) is 6.08. The molecule has 98 valence electrons. The van der Waals surface area contributed by atoms with Gasteiger partial charge in [0.2, 0.25) is 0 Å². The molecule has 1 aromatic rings. The third-order valence-electron chi connectivity index (χ3n) is 2.91. The van der Waals surface area contributed by atoms with Crippen molar-refractivity contribution in [3.05, 3.63) is 11.6 Å². The molecule has 2 rings (SSSR count). The molecule has 2 heterocycles. The lowest BCUT2D eigenvalue weighted by atomic mass is 9.99. The summed E-state index contributed by atoms with van der Waals surface area (Å²) < 4.78 is 4.78. The van der Waals surface area contributed by atoms with Crippen LogP contribution in [-0.4, -0.2) is 40.2 Å². The molecule has 7 heteroatoms. The van der Waals surface area contributed by atoms with Crippen LogP contribution >= 0.6 is 0 Å². The van der Waals surface area contributed by atoms with Gasteiger partial charge in [0.25, 0.3) is 5.82 Å². The van der Waals surface area contributed by atoms with E-state index in [9.17, 15) is 9.59 Å². The second-order valence-corrected chi connectivity index (χ2v) is 4.19. The van der Waals surface area contributed by atoms with E-state index in [1.165, 1.54) is 0 Å². The molecule has 7 nitrogen and oxygen atoms in total. The van der Waals surface area contributed by atoms with E-state index >= 15 is 0 Å².